The minimum atomic E-state index is -0.901. The second kappa shape index (κ2) is 4.27. The zero-order valence-corrected chi connectivity index (χ0v) is 9.24. The number of aliphatic hydroxyl groups excluding tert-OH is 1. The first-order chi connectivity index (χ1) is 7.99. The first-order valence-corrected chi connectivity index (χ1v) is 5.17. The van der Waals surface area contributed by atoms with E-state index in [0.29, 0.717) is 0 Å². The Morgan fingerprint density at radius 2 is 2.41 bits per heavy atom. The Morgan fingerprint density at radius 1 is 1.71 bits per heavy atom. The van der Waals surface area contributed by atoms with Gasteiger partial charge in [-0.25, -0.2) is 4.79 Å². The van der Waals surface area contributed by atoms with Crippen LogP contribution in [-0.2, 0) is 9.53 Å². The lowest BCUT2D eigenvalue weighted by atomic mass is 10.1. The summed E-state index contributed by atoms with van der Waals surface area (Å²) in [5.41, 5.74) is 4.80. The number of rotatable bonds is 2. The van der Waals surface area contributed by atoms with Crippen molar-refractivity contribution < 1.29 is 14.6 Å². The average molecular weight is 239 g/mol. The molecule has 7 nitrogen and oxygen atoms in total. The van der Waals surface area contributed by atoms with Crippen molar-refractivity contribution in [2.75, 3.05) is 5.73 Å². The van der Waals surface area contributed by atoms with E-state index in [4.69, 9.17) is 10.5 Å². The fourth-order valence-electron chi connectivity index (χ4n) is 1.84. The van der Waals surface area contributed by atoms with E-state index in [0.717, 1.165) is 0 Å². The van der Waals surface area contributed by atoms with Crippen LogP contribution in [0.5, 0.6) is 0 Å². The van der Waals surface area contributed by atoms with Crippen molar-refractivity contribution in [2.24, 2.45) is 0 Å². The van der Waals surface area contributed by atoms with Gasteiger partial charge in [-0.1, -0.05) is 0 Å². The molecule has 3 N–H and O–H groups in total. The molecule has 1 aliphatic rings. The van der Waals surface area contributed by atoms with E-state index in [1.165, 1.54) is 23.8 Å². The number of nitrogens with two attached hydrogens (primary N) is 1. The number of aliphatic hydroxyl groups is 1. The maximum Gasteiger partial charge on any atom is 0.351 e. The SMILES string of the molecule is CC(=O)[C@H]1O[C@@H](n2ccc(N)nc2=O)C[C@@H]1O. The Hall–Kier alpha value is -1.73. The molecule has 92 valence electrons. The molecule has 17 heavy (non-hydrogen) atoms. The number of ketones is 1. The molecule has 0 saturated carbocycles. The van der Waals surface area contributed by atoms with E-state index in [9.17, 15) is 14.7 Å². The number of anilines is 1. The van der Waals surface area contributed by atoms with Gasteiger partial charge in [-0.05, 0) is 13.0 Å². The van der Waals surface area contributed by atoms with Crippen LogP contribution in [0.1, 0.15) is 19.6 Å². The molecule has 0 bridgehead atoms. The summed E-state index contributed by atoms with van der Waals surface area (Å²) in [6.45, 7) is 1.33. The summed E-state index contributed by atoms with van der Waals surface area (Å²) >= 11 is 0. The third-order valence-electron chi connectivity index (χ3n) is 2.66. The first kappa shape index (κ1) is 11.7. The fraction of sp³-hybridized carbons (Fsp3) is 0.500. The Labute approximate surface area is 96.8 Å². The van der Waals surface area contributed by atoms with Crippen molar-refractivity contribution in [3.05, 3.63) is 22.7 Å². The van der Waals surface area contributed by atoms with Crippen LogP contribution in [0.25, 0.3) is 0 Å². The lowest BCUT2D eigenvalue weighted by Gasteiger charge is -2.13. The molecule has 2 rings (SSSR count). The van der Waals surface area contributed by atoms with Crippen molar-refractivity contribution in [1.82, 2.24) is 9.55 Å². The predicted octanol–water partition coefficient (Wildman–Crippen LogP) is -0.937. The van der Waals surface area contributed by atoms with Crippen molar-refractivity contribution in [3.8, 4) is 0 Å². The summed E-state index contributed by atoms with van der Waals surface area (Å²) in [4.78, 5) is 26.3. The van der Waals surface area contributed by atoms with Gasteiger partial charge in [0.15, 0.2) is 5.78 Å². The molecule has 7 heteroatoms. The van der Waals surface area contributed by atoms with Gasteiger partial charge in [-0.3, -0.25) is 9.36 Å². The lowest BCUT2D eigenvalue weighted by Crippen LogP contribution is -2.29. The Morgan fingerprint density at radius 3 is 2.94 bits per heavy atom. The van der Waals surface area contributed by atoms with Crippen molar-refractivity contribution in [2.45, 2.75) is 31.8 Å². The maximum absolute atomic E-state index is 11.5. The normalized spacial score (nSPS) is 28.2. The van der Waals surface area contributed by atoms with Crippen LogP contribution in [0.4, 0.5) is 5.82 Å². The lowest BCUT2D eigenvalue weighted by molar-refractivity contribution is -0.133. The second-order valence-electron chi connectivity index (χ2n) is 3.97. The van der Waals surface area contributed by atoms with Crippen LogP contribution in [-0.4, -0.2) is 32.6 Å². The number of hydrogen-bond donors (Lipinski definition) is 2. The van der Waals surface area contributed by atoms with Crippen LogP contribution < -0.4 is 11.4 Å². The summed E-state index contributed by atoms with van der Waals surface area (Å²) in [5, 5.41) is 9.63. The first-order valence-electron chi connectivity index (χ1n) is 5.17. The van der Waals surface area contributed by atoms with E-state index in [2.05, 4.69) is 4.98 Å². The highest BCUT2D eigenvalue weighted by molar-refractivity contribution is 5.81. The number of carbonyl (C=O) groups excluding carboxylic acids is 1. The third kappa shape index (κ3) is 2.20. The molecule has 1 aromatic rings. The number of aromatic nitrogens is 2. The molecule has 0 spiro atoms. The van der Waals surface area contributed by atoms with Crippen molar-refractivity contribution in [3.63, 3.8) is 0 Å². The van der Waals surface area contributed by atoms with Crippen LogP contribution in [0.2, 0.25) is 0 Å². The molecule has 3 atom stereocenters. The van der Waals surface area contributed by atoms with Gasteiger partial charge in [0.1, 0.15) is 18.1 Å². The Kier molecular flexibility index (Phi) is 2.95. The molecule has 0 aromatic carbocycles. The van der Waals surface area contributed by atoms with Crippen LogP contribution in [0.15, 0.2) is 17.1 Å². The number of nitrogens with zero attached hydrogens (tertiary/aromatic N) is 2. The minimum Gasteiger partial charge on any atom is -0.390 e. The molecular weight excluding hydrogens is 226 g/mol. The monoisotopic (exact) mass is 239 g/mol. The van der Waals surface area contributed by atoms with Crippen molar-refractivity contribution in [1.29, 1.82) is 0 Å². The summed E-state index contributed by atoms with van der Waals surface area (Å²) in [7, 11) is 0. The molecule has 0 unspecified atom stereocenters. The van der Waals surface area contributed by atoms with E-state index in [1.807, 2.05) is 0 Å². The molecule has 0 aliphatic carbocycles. The summed E-state index contributed by atoms with van der Waals surface area (Å²) in [6, 6.07) is 1.46. The van der Waals surface area contributed by atoms with Gasteiger partial charge in [-0.2, -0.15) is 4.98 Å². The number of Topliss-reactive ketones (excluding diaryl/α,β-unsaturated/α-hetero) is 1. The molecule has 0 radical (unpaired) electrons. The van der Waals surface area contributed by atoms with E-state index in [1.54, 1.807) is 0 Å². The molecular formula is C10H13N3O4. The van der Waals surface area contributed by atoms with E-state index < -0.39 is 24.1 Å². The topological polar surface area (TPSA) is 107 Å². The van der Waals surface area contributed by atoms with E-state index in [-0.39, 0.29) is 18.0 Å². The standard InChI is InChI=1S/C10H13N3O4/c1-5(14)9-6(15)4-8(17-9)13-3-2-7(11)12-10(13)16/h2-3,6,8-9,15H,4H2,1H3,(H2,11,12,16)/t6-,8+,9+/m0/s1. The molecule has 1 fully saturated rings. The number of hydrogen-bond acceptors (Lipinski definition) is 6. The van der Waals surface area contributed by atoms with Gasteiger partial charge >= 0.3 is 5.69 Å². The summed E-state index contributed by atoms with van der Waals surface area (Å²) in [6.07, 6.45) is -0.855. The molecule has 1 saturated heterocycles. The molecule has 0 amide bonds. The van der Waals surface area contributed by atoms with Gasteiger partial charge in [0.2, 0.25) is 0 Å². The van der Waals surface area contributed by atoms with E-state index >= 15 is 0 Å². The second-order valence-corrected chi connectivity index (χ2v) is 3.97. The third-order valence-corrected chi connectivity index (χ3v) is 2.66. The van der Waals surface area contributed by atoms with Gasteiger partial charge in [0.25, 0.3) is 0 Å². The number of nitrogen functional groups attached to an aromatic ring is 1. The minimum absolute atomic E-state index is 0.118. The van der Waals surface area contributed by atoms with Gasteiger partial charge in [0.05, 0.1) is 6.10 Å². The smallest absolute Gasteiger partial charge is 0.351 e. The Bertz CT molecular complexity index is 499. The Balaban J connectivity index is 2.26. The fourth-order valence-corrected chi connectivity index (χ4v) is 1.84. The quantitative estimate of drug-likeness (QED) is 0.689. The highest BCUT2D eigenvalue weighted by atomic mass is 16.5. The van der Waals surface area contributed by atoms with Gasteiger partial charge in [-0.15, -0.1) is 0 Å². The highest BCUT2D eigenvalue weighted by Crippen LogP contribution is 2.27. The predicted molar refractivity (Wildman–Crippen MR) is 58.1 cm³/mol. The molecule has 1 aromatic heterocycles. The zero-order valence-electron chi connectivity index (χ0n) is 9.24. The molecule has 1 aliphatic heterocycles. The average Bonchev–Trinajstić information content (AvgIpc) is 2.60. The summed E-state index contributed by atoms with van der Waals surface area (Å²) < 4.78 is 6.54. The van der Waals surface area contributed by atoms with Crippen LogP contribution >= 0.6 is 0 Å². The van der Waals surface area contributed by atoms with Crippen LogP contribution in [0.3, 0.4) is 0 Å². The number of ether oxygens (including phenoxy) is 1. The largest absolute Gasteiger partial charge is 0.390 e. The van der Waals surface area contributed by atoms with Gasteiger partial charge < -0.3 is 15.6 Å². The van der Waals surface area contributed by atoms with Crippen LogP contribution in [0, 0.1) is 0 Å². The maximum atomic E-state index is 11.5. The number of carbonyl (C=O) groups is 1. The molecule has 2 heterocycles. The van der Waals surface area contributed by atoms with Gasteiger partial charge in [0, 0.05) is 12.6 Å². The summed E-state index contributed by atoms with van der Waals surface area (Å²) in [5.74, 6) is -0.149. The zero-order chi connectivity index (χ0) is 12.6. The highest BCUT2D eigenvalue weighted by Gasteiger charge is 2.38. The van der Waals surface area contributed by atoms with Crippen molar-refractivity contribution >= 4 is 11.6 Å².